The molecule has 9 heteroatoms. The number of imidazole rings is 1. The summed E-state index contributed by atoms with van der Waals surface area (Å²) in [7, 11) is 0. The van der Waals surface area contributed by atoms with E-state index in [-0.39, 0.29) is 29.5 Å². The van der Waals surface area contributed by atoms with Crippen LogP contribution in [0.1, 0.15) is 44.7 Å². The van der Waals surface area contributed by atoms with Crippen molar-refractivity contribution < 1.29 is 27.8 Å². The van der Waals surface area contributed by atoms with Gasteiger partial charge in [-0.3, -0.25) is 4.79 Å². The fraction of sp³-hybridized carbons (Fsp3) is 0.379. The van der Waals surface area contributed by atoms with Crippen LogP contribution in [-0.2, 0) is 11.2 Å². The number of halogens is 3. The molecule has 2 aliphatic carbocycles. The van der Waals surface area contributed by atoms with Crippen molar-refractivity contribution in [1.82, 2.24) is 9.55 Å². The van der Waals surface area contributed by atoms with Crippen LogP contribution < -0.4 is 10.1 Å². The number of carboxylic acid groups (broad SMARTS) is 1. The summed E-state index contributed by atoms with van der Waals surface area (Å²) in [4.78, 5) is 16.0. The second-order valence-electron chi connectivity index (χ2n) is 10.9. The number of hydrogen-bond donors (Lipinski definition) is 2. The molecule has 3 aromatic rings. The van der Waals surface area contributed by atoms with E-state index in [2.05, 4.69) is 52.8 Å². The van der Waals surface area contributed by atoms with E-state index in [0.29, 0.717) is 24.0 Å². The quantitative estimate of drug-likeness (QED) is 0.336. The molecule has 1 heterocycles. The van der Waals surface area contributed by atoms with Gasteiger partial charge in [0.15, 0.2) is 0 Å². The zero-order chi connectivity index (χ0) is 27.1. The van der Waals surface area contributed by atoms with Gasteiger partial charge in [-0.1, -0.05) is 44.2 Å². The van der Waals surface area contributed by atoms with E-state index in [1.165, 1.54) is 24.3 Å². The summed E-state index contributed by atoms with van der Waals surface area (Å²) in [5, 5.41) is 12.4. The number of hydrogen-bond acceptors (Lipinski definition) is 4. The van der Waals surface area contributed by atoms with E-state index in [0.717, 1.165) is 29.4 Å². The van der Waals surface area contributed by atoms with E-state index in [1.54, 1.807) is 0 Å². The third kappa shape index (κ3) is 5.71. The van der Waals surface area contributed by atoms with E-state index < -0.39 is 12.3 Å². The number of rotatable bonds is 7. The molecule has 0 aliphatic heterocycles. The van der Waals surface area contributed by atoms with Crippen LogP contribution in [0.3, 0.4) is 0 Å². The highest BCUT2D eigenvalue weighted by atomic mass is 19.4. The maximum Gasteiger partial charge on any atom is 0.573 e. The van der Waals surface area contributed by atoms with Crippen LogP contribution in [0.2, 0.25) is 0 Å². The molecule has 2 aromatic carbocycles. The number of alkyl halides is 3. The van der Waals surface area contributed by atoms with Crippen LogP contribution >= 0.6 is 0 Å². The smallest absolute Gasteiger partial charge is 0.481 e. The van der Waals surface area contributed by atoms with E-state index >= 15 is 0 Å². The van der Waals surface area contributed by atoms with E-state index in [4.69, 9.17) is 10.1 Å². The monoisotopic (exact) mass is 525 g/mol. The second-order valence-corrected chi connectivity index (χ2v) is 10.9. The largest absolute Gasteiger partial charge is 0.573 e. The Morgan fingerprint density at radius 3 is 2.58 bits per heavy atom. The number of fused-ring (bicyclic) bond motifs is 2. The zero-order valence-electron chi connectivity index (χ0n) is 21.2. The van der Waals surface area contributed by atoms with Crippen molar-refractivity contribution in [1.29, 1.82) is 0 Å². The first-order valence-electron chi connectivity index (χ1n) is 12.7. The summed E-state index contributed by atoms with van der Waals surface area (Å²) < 4.78 is 44.0. The van der Waals surface area contributed by atoms with Crippen molar-refractivity contribution in [3.8, 4) is 5.75 Å². The SMILES string of the molecule is CC1(C)CC2C=CC=CC2[C@H](n2c(Nc3ccc(OC(F)(F)F)cc3)nc3cc(CCC(=O)O)ccc32)C1. The Morgan fingerprint density at radius 2 is 1.87 bits per heavy atom. The predicted octanol–water partition coefficient (Wildman–Crippen LogP) is 7.42. The Labute approximate surface area is 218 Å². The third-order valence-electron chi connectivity index (χ3n) is 7.35. The van der Waals surface area contributed by atoms with Gasteiger partial charge in [0, 0.05) is 24.1 Å². The van der Waals surface area contributed by atoms with Crippen LogP contribution in [0.4, 0.5) is 24.8 Å². The van der Waals surface area contributed by atoms with Gasteiger partial charge in [0.25, 0.3) is 0 Å². The molecule has 38 heavy (non-hydrogen) atoms. The van der Waals surface area contributed by atoms with Crippen LogP contribution in [-0.4, -0.2) is 27.0 Å². The van der Waals surface area contributed by atoms with E-state index in [9.17, 15) is 18.0 Å². The number of aryl methyl sites for hydroxylation is 1. The normalized spacial score (nSPS) is 22.3. The molecule has 1 saturated carbocycles. The number of benzene rings is 2. The Hall–Kier alpha value is -3.75. The molecule has 1 aromatic heterocycles. The van der Waals surface area contributed by atoms with Crippen molar-refractivity contribution in [2.24, 2.45) is 17.3 Å². The Morgan fingerprint density at radius 1 is 1.13 bits per heavy atom. The highest BCUT2D eigenvalue weighted by Gasteiger charge is 2.42. The van der Waals surface area contributed by atoms with Crippen molar-refractivity contribution in [2.45, 2.75) is 51.9 Å². The van der Waals surface area contributed by atoms with Gasteiger partial charge in [-0.05, 0) is 72.6 Å². The molecule has 3 atom stereocenters. The van der Waals surface area contributed by atoms with Gasteiger partial charge in [-0.15, -0.1) is 13.2 Å². The highest BCUT2D eigenvalue weighted by molar-refractivity contribution is 5.81. The minimum absolute atomic E-state index is 0.0291. The predicted molar refractivity (Wildman–Crippen MR) is 139 cm³/mol. The summed E-state index contributed by atoms with van der Waals surface area (Å²) >= 11 is 0. The molecule has 2 unspecified atom stereocenters. The average molecular weight is 526 g/mol. The number of anilines is 2. The summed E-state index contributed by atoms with van der Waals surface area (Å²) in [5.41, 5.74) is 3.21. The molecule has 6 nitrogen and oxygen atoms in total. The Kier molecular flexibility index (Phi) is 6.71. The lowest BCUT2D eigenvalue weighted by molar-refractivity contribution is -0.274. The molecule has 0 spiro atoms. The first kappa shape index (κ1) is 25.9. The van der Waals surface area contributed by atoms with Crippen molar-refractivity contribution in [3.63, 3.8) is 0 Å². The Balaban J connectivity index is 1.55. The lowest BCUT2D eigenvalue weighted by Crippen LogP contribution is -2.37. The van der Waals surface area contributed by atoms with Crippen LogP contribution in [0, 0.1) is 17.3 Å². The molecule has 0 saturated heterocycles. The summed E-state index contributed by atoms with van der Waals surface area (Å²) in [5.74, 6) is 0.0800. The maximum atomic E-state index is 12.6. The fourth-order valence-electron chi connectivity index (χ4n) is 5.82. The second kappa shape index (κ2) is 9.85. The molecule has 0 amide bonds. The van der Waals surface area contributed by atoms with Gasteiger partial charge in [0.2, 0.25) is 5.95 Å². The maximum absolute atomic E-state index is 12.6. The van der Waals surface area contributed by atoms with Gasteiger partial charge < -0.3 is 19.7 Å². The number of nitrogens with zero attached hydrogens (tertiary/aromatic N) is 2. The van der Waals surface area contributed by atoms with Gasteiger partial charge in [-0.2, -0.15) is 0 Å². The van der Waals surface area contributed by atoms with Gasteiger partial charge in [0.05, 0.1) is 11.0 Å². The number of carboxylic acids is 1. The molecule has 0 radical (unpaired) electrons. The van der Waals surface area contributed by atoms with Crippen LogP contribution in [0.5, 0.6) is 5.75 Å². The summed E-state index contributed by atoms with van der Waals surface area (Å²) in [6, 6.07) is 11.5. The number of nitrogens with one attached hydrogen (secondary N) is 1. The van der Waals surface area contributed by atoms with Crippen LogP contribution in [0.25, 0.3) is 11.0 Å². The van der Waals surface area contributed by atoms with Crippen molar-refractivity contribution in [3.05, 3.63) is 72.3 Å². The molecule has 1 fully saturated rings. The third-order valence-corrected chi connectivity index (χ3v) is 7.35. The minimum Gasteiger partial charge on any atom is -0.481 e. The molecule has 200 valence electrons. The number of aromatic nitrogens is 2. The van der Waals surface area contributed by atoms with Crippen molar-refractivity contribution >= 4 is 28.6 Å². The molecule has 5 rings (SSSR count). The summed E-state index contributed by atoms with van der Waals surface area (Å²) in [6.07, 6.45) is 6.38. The fourth-order valence-corrected chi connectivity index (χ4v) is 5.82. The minimum atomic E-state index is -4.76. The van der Waals surface area contributed by atoms with Crippen molar-refractivity contribution in [2.75, 3.05) is 5.32 Å². The topological polar surface area (TPSA) is 76.4 Å². The average Bonchev–Trinajstić information content (AvgIpc) is 3.18. The number of aliphatic carboxylic acids is 1. The molecular weight excluding hydrogens is 495 g/mol. The lowest BCUT2D eigenvalue weighted by Gasteiger charge is -2.46. The molecule has 2 aliphatic rings. The van der Waals surface area contributed by atoms with Gasteiger partial charge in [0.1, 0.15) is 5.75 Å². The van der Waals surface area contributed by atoms with Crippen LogP contribution in [0.15, 0.2) is 66.8 Å². The van der Waals surface area contributed by atoms with E-state index in [1.807, 2.05) is 18.2 Å². The van der Waals surface area contributed by atoms with Gasteiger partial charge >= 0.3 is 12.3 Å². The standard InChI is InChI=1S/C29H30F3N3O3/c1-28(2)16-19-5-3-4-6-22(19)25(17-28)35-24-13-7-18(8-14-26(36)37)15-23(24)34-27(35)33-20-9-11-21(12-10-20)38-29(30,31)32/h3-7,9-13,15,19,22,25H,8,14,16-17H2,1-2H3,(H,33,34)(H,36,37)/t19?,22?,25-/m1/s1. The lowest BCUT2D eigenvalue weighted by atomic mass is 9.63. The molecular formula is C29H30F3N3O3. The number of ether oxygens (including phenoxy) is 1. The summed E-state index contributed by atoms with van der Waals surface area (Å²) in [6.45, 7) is 4.55. The molecule has 2 N–H and O–H groups in total. The highest BCUT2D eigenvalue weighted by Crippen LogP contribution is 2.51. The molecule has 0 bridgehead atoms. The number of allylic oxidation sites excluding steroid dienone is 4. The first-order chi connectivity index (χ1) is 18.0. The number of carbonyl (C=O) groups is 1. The zero-order valence-corrected chi connectivity index (χ0v) is 21.2. The Bertz CT molecular complexity index is 1390. The first-order valence-corrected chi connectivity index (χ1v) is 12.7. The van der Waals surface area contributed by atoms with Gasteiger partial charge in [-0.25, -0.2) is 4.98 Å².